The summed E-state index contributed by atoms with van der Waals surface area (Å²) in [4.78, 5) is 15.4. The van der Waals surface area contributed by atoms with E-state index in [1.54, 1.807) is 6.20 Å². The van der Waals surface area contributed by atoms with Crippen LogP contribution in [0.1, 0.15) is 21.5 Å². The van der Waals surface area contributed by atoms with Crippen LogP contribution in [-0.2, 0) is 6.42 Å². The zero-order valence-electron chi connectivity index (χ0n) is 11.4. The molecule has 0 saturated heterocycles. The minimum atomic E-state index is -0.695. The molecule has 1 heterocycles. The Morgan fingerprint density at radius 2 is 1.76 bits per heavy atom. The molecule has 0 saturated carbocycles. The number of rotatable bonds is 3. The van der Waals surface area contributed by atoms with Crippen LogP contribution in [0.4, 0.5) is 8.78 Å². The maximum atomic E-state index is 13.6. The first kappa shape index (κ1) is 13.5. The fraction of sp³-hybridized carbons (Fsp3) is 0.118. The number of hydrogen-bond acceptors (Lipinski definition) is 1. The van der Waals surface area contributed by atoms with E-state index in [9.17, 15) is 13.6 Å². The second-order valence-electron chi connectivity index (χ2n) is 5.00. The molecule has 0 fully saturated rings. The number of ketones is 1. The van der Waals surface area contributed by atoms with Gasteiger partial charge in [0.05, 0.1) is 0 Å². The Labute approximate surface area is 120 Å². The van der Waals surface area contributed by atoms with Gasteiger partial charge in [-0.25, -0.2) is 8.78 Å². The standard InChI is InChI=1S/C17H13F2NO/c1-10-4-2-7-15-17(10)12(9-20-15)16(21)8-11-13(18)5-3-6-14(11)19/h2-7,9,20H,8H2,1H3. The summed E-state index contributed by atoms with van der Waals surface area (Å²) in [6.07, 6.45) is 1.30. The molecule has 2 aromatic carbocycles. The second kappa shape index (κ2) is 5.13. The topological polar surface area (TPSA) is 32.9 Å². The average molecular weight is 285 g/mol. The van der Waals surface area contributed by atoms with Crippen LogP contribution in [0.3, 0.4) is 0 Å². The minimum Gasteiger partial charge on any atom is -0.360 e. The van der Waals surface area contributed by atoms with E-state index in [2.05, 4.69) is 4.98 Å². The Bertz CT molecular complexity index is 816. The maximum Gasteiger partial charge on any atom is 0.169 e. The molecule has 0 amide bonds. The van der Waals surface area contributed by atoms with Gasteiger partial charge in [0.15, 0.2) is 5.78 Å². The molecule has 0 aliphatic rings. The van der Waals surface area contributed by atoms with Crippen LogP contribution in [0.25, 0.3) is 10.9 Å². The van der Waals surface area contributed by atoms with Crippen LogP contribution >= 0.6 is 0 Å². The van der Waals surface area contributed by atoms with Crippen LogP contribution in [0.15, 0.2) is 42.6 Å². The number of aromatic nitrogens is 1. The second-order valence-corrected chi connectivity index (χ2v) is 5.00. The fourth-order valence-corrected chi connectivity index (χ4v) is 2.54. The van der Waals surface area contributed by atoms with Crippen molar-refractivity contribution in [2.75, 3.05) is 0 Å². The Morgan fingerprint density at radius 1 is 1.10 bits per heavy atom. The maximum absolute atomic E-state index is 13.6. The number of aromatic amines is 1. The number of Topliss-reactive ketones (excluding diaryl/α,β-unsaturated/α-hetero) is 1. The highest BCUT2D eigenvalue weighted by Gasteiger charge is 2.18. The highest BCUT2D eigenvalue weighted by Crippen LogP contribution is 2.24. The molecular weight excluding hydrogens is 272 g/mol. The number of H-pyrrole nitrogens is 1. The predicted molar refractivity (Wildman–Crippen MR) is 77.4 cm³/mol. The fourth-order valence-electron chi connectivity index (χ4n) is 2.54. The number of halogens is 2. The number of nitrogens with one attached hydrogen (secondary N) is 1. The highest BCUT2D eigenvalue weighted by molar-refractivity contribution is 6.09. The van der Waals surface area contributed by atoms with Crippen LogP contribution in [-0.4, -0.2) is 10.8 Å². The van der Waals surface area contributed by atoms with Crippen molar-refractivity contribution in [3.63, 3.8) is 0 Å². The monoisotopic (exact) mass is 285 g/mol. The van der Waals surface area contributed by atoms with E-state index in [4.69, 9.17) is 0 Å². The predicted octanol–water partition coefficient (Wildman–Crippen LogP) is 4.18. The van der Waals surface area contributed by atoms with Gasteiger partial charge in [-0.05, 0) is 30.7 Å². The SMILES string of the molecule is Cc1cccc2[nH]cc(C(=O)Cc3c(F)cccc3F)c12. The molecule has 0 atom stereocenters. The summed E-state index contributed by atoms with van der Waals surface area (Å²) in [6.45, 7) is 1.90. The summed E-state index contributed by atoms with van der Waals surface area (Å²) in [5, 5.41) is 0.805. The lowest BCUT2D eigenvalue weighted by molar-refractivity contribution is 0.0992. The van der Waals surface area contributed by atoms with Gasteiger partial charge >= 0.3 is 0 Å². The van der Waals surface area contributed by atoms with Crippen molar-refractivity contribution >= 4 is 16.7 Å². The molecule has 2 nitrogen and oxygen atoms in total. The van der Waals surface area contributed by atoms with Crippen molar-refractivity contribution in [1.29, 1.82) is 0 Å². The summed E-state index contributed by atoms with van der Waals surface area (Å²) in [5.74, 6) is -1.70. The van der Waals surface area contributed by atoms with E-state index in [-0.39, 0.29) is 17.8 Å². The van der Waals surface area contributed by atoms with E-state index in [0.717, 1.165) is 28.6 Å². The molecule has 0 radical (unpaired) electrons. The Hall–Kier alpha value is -2.49. The van der Waals surface area contributed by atoms with Gasteiger partial charge in [-0.1, -0.05) is 18.2 Å². The molecule has 1 N–H and O–H groups in total. The third-order valence-electron chi connectivity index (χ3n) is 3.61. The van der Waals surface area contributed by atoms with Gasteiger partial charge in [-0.15, -0.1) is 0 Å². The van der Waals surface area contributed by atoms with Gasteiger partial charge in [-0.2, -0.15) is 0 Å². The molecule has 106 valence electrons. The number of benzene rings is 2. The van der Waals surface area contributed by atoms with Crippen LogP contribution < -0.4 is 0 Å². The zero-order chi connectivity index (χ0) is 15.0. The molecule has 0 unspecified atom stereocenters. The smallest absolute Gasteiger partial charge is 0.169 e. The average Bonchev–Trinajstić information content (AvgIpc) is 2.88. The minimum absolute atomic E-state index is 0.189. The molecule has 0 aliphatic heterocycles. The molecule has 0 bridgehead atoms. The van der Waals surface area contributed by atoms with Gasteiger partial charge < -0.3 is 4.98 Å². The molecule has 0 spiro atoms. The molecule has 0 aliphatic carbocycles. The summed E-state index contributed by atoms with van der Waals surface area (Å²) >= 11 is 0. The Kier molecular flexibility index (Phi) is 3.29. The van der Waals surface area contributed by atoms with Gasteiger partial charge in [0.2, 0.25) is 0 Å². The lowest BCUT2D eigenvalue weighted by Crippen LogP contribution is -2.07. The first-order valence-electron chi connectivity index (χ1n) is 6.60. The zero-order valence-corrected chi connectivity index (χ0v) is 11.4. The summed E-state index contributed by atoms with van der Waals surface area (Å²) in [6, 6.07) is 9.26. The molecule has 3 aromatic rings. The van der Waals surface area contributed by atoms with Crippen LogP contribution in [0, 0.1) is 18.6 Å². The Morgan fingerprint density at radius 3 is 2.48 bits per heavy atom. The third kappa shape index (κ3) is 2.33. The van der Waals surface area contributed by atoms with E-state index >= 15 is 0 Å². The van der Waals surface area contributed by atoms with Crippen LogP contribution in [0.5, 0.6) is 0 Å². The summed E-state index contributed by atoms with van der Waals surface area (Å²) in [5.41, 5.74) is 2.06. The first-order chi connectivity index (χ1) is 10.1. The van der Waals surface area contributed by atoms with Gasteiger partial charge in [0.1, 0.15) is 11.6 Å². The van der Waals surface area contributed by atoms with E-state index in [0.29, 0.717) is 5.56 Å². The lowest BCUT2D eigenvalue weighted by atomic mass is 9.99. The summed E-state index contributed by atoms with van der Waals surface area (Å²) < 4.78 is 27.3. The van der Waals surface area contributed by atoms with Gasteiger partial charge in [0, 0.05) is 34.6 Å². The van der Waals surface area contributed by atoms with Crippen molar-refractivity contribution in [2.45, 2.75) is 13.3 Å². The lowest BCUT2D eigenvalue weighted by Gasteiger charge is -2.05. The number of carbonyl (C=O) groups excluding carboxylic acids is 1. The quantitative estimate of drug-likeness (QED) is 0.719. The third-order valence-corrected chi connectivity index (χ3v) is 3.61. The van der Waals surface area contributed by atoms with Crippen molar-refractivity contribution < 1.29 is 13.6 Å². The molecule has 4 heteroatoms. The highest BCUT2D eigenvalue weighted by atomic mass is 19.1. The van der Waals surface area contributed by atoms with E-state index in [1.807, 2.05) is 25.1 Å². The van der Waals surface area contributed by atoms with Gasteiger partial charge in [0.25, 0.3) is 0 Å². The van der Waals surface area contributed by atoms with Crippen molar-refractivity contribution in [3.8, 4) is 0 Å². The molecular formula is C17H13F2NO. The molecule has 1 aromatic heterocycles. The van der Waals surface area contributed by atoms with E-state index in [1.165, 1.54) is 6.07 Å². The van der Waals surface area contributed by atoms with Crippen molar-refractivity contribution in [3.05, 3.63) is 70.9 Å². The van der Waals surface area contributed by atoms with Crippen molar-refractivity contribution in [1.82, 2.24) is 4.98 Å². The first-order valence-corrected chi connectivity index (χ1v) is 6.60. The summed E-state index contributed by atoms with van der Waals surface area (Å²) in [7, 11) is 0. The van der Waals surface area contributed by atoms with Gasteiger partial charge in [-0.3, -0.25) is 4.79 Å². The van der Waals surface area contributed by atoms with Crippen LogP contribution in [0.2, 0.25) is 0 Å². The molecule has 21 heavy (non-hydrogen) atoms. The molecule has 3 rings (SSSR count). The largest absolute Gasteiger partial charge is 0.360 e. The van der Waals surface area contributed by atoms with Crippen molar-refractivity contribution in [2.24, 2.45) is 0 Å². The number of aryl methyl sites for hydroxylation is 1. The number of hydrogen-bond donors (Lipinski definition) is 1. The number of fused-ring (bicyclic) bond motifs is 1. The Balaban J connectivity index is 2.02. The normalized spacial score (nSPS) is 11.0. The van der Waals surface area contributed by atoms with E-state index < -0.39 is 11.6 Å². The number of carbonyl (C=O) groups is 1.